The molecule has 2 aromatic rings. The van der Waals surface area contributed by atoms with Gasteiger partial charge < -0.3 is 15.2 Å². The van der Waals surface area contributed by atoms with Crippen molar-refractivity contribution in [2.24, 2.45) is 0 Å². The van der Waals surface area contributed by atoms with Crippen molar-refractivity contribution in [3.05, 3.63) is 60.3 Å². The molecule has 0 radical (unpaired) electrons. The molecule has 5 heteroatoms. The largest absolute Gasteiger partial charge is 0.508 e. The van der Waals surface area contributed by atoms with E-state index in [-0.39, 0.29) is 11.8 Å². The van der Waals surface area contributed by atoms with E-state index in [1.165, 1.54) is 17.0 Å². The highest BCUT2D eigenvalue weighted by Crippen LogP contribution is 2.17. The molecule has 0 bridgehead atoms. The number of hydrogen-bond donors (Lipinski definition) is 2. The van der Waals surface area contributed by atoms with E-state index in [4.69, 9.17) is 4.74 Å². The van der Waals surface area contributed by atoms with Crippen molar-refractivity contribution in [3.8, 4) is 11.5 Å². The van der Waals surface area contributed by atoms with Crippen LogP contribution in [0.15, 0.2) is 54.7 Å². The Morgan fingerprint density at radius 2 is 1.77 bits per heavy atom. The van der Waals surface area contributed by atoms with Gasteiger partial charge >= 0.3 is 6.03 Å². The number of benzene rings is 2. The summed E-state index contributed by atoms with van der Waals surface area (Å²) < 4.78 is 5.08. The van der Waals surface area contributed by atoms with Gasteiger partial charge in [-0.15, -0.1) is 0 Å². The fourth-order valence-electron chi connectivity index (χ4n) is 1.81. The van der Waals surface area contributed by atoms with Crippen molar-refractivity contribution in [1.29, 1.82) is 0 Å². The third-order valence-corrected chi connectivity index (χ3v) is 3.14. The number of anilines is 1. The molecule has 0 aromatic heterocycles. The first-order chi connectivity index (χ1) is 10.6. The van der Waals surface area contributed by atoms with E-state index in [0.717, 1.165) is 11.3 Å². The predicted molar refractivity (Wildman–Crippen MR) is 87.1 cm³/mol. The van der Waals surface area contributed by atoms with Crippen LogP contribution in [0, 0.1) is 0 Å². The first kappa shape index (κ1) is 15.4. The van der Waals surface area contributed by atoms with Gasteiger partial charge in [0.2, 0.25) is 0 Å². The van der Waals surface area contributed by atoms with Crippen LogP contribution in [-0.4, -0.2) is 25.3 Å². The Bertz CT molecular complexity index is 649. The Kier molecular flexibility index (Phi) is 5.03. The number of phenolic OH excluding ortho intramolecular Hbond substituents is 1. The smallest absolute Gasteiger partial charge is 0.325 e. The molecule has 2 aromatic carbocycles. The highest BCUT2D eigenvalue weighted by atomic mass is 16.5. The molecule has 0 aliphatic rings. The molecule has 2 N–H and O–H groups in total. The summed E-state index contributed by atoms with van der Waals surface area (Å²) in [7, 11) is 3.27. The standard InChI is InChI=1S/C17H18N2O3/c1-19(14-5-7-15(20)8-6-14)17(21)18-12-11-13-3-9-16(22-2)10-4-13/h3-12,20H,1-2H3,(H,18,21)/b12-11+. The Morgan fingerprint density at radius 3 is 2.36 bits per heavy atom. The van der Waals surface area contributed by atoms with Crippen molar-refractivity contribution >= 4 is 17.8 Å². The third kappa shape index (κ3) is 4.02. The van der Waals surface area contributed by atoms with E-state index in [9.17, 15) is 9.90 Å². The summed E-state index contributed by atoms with van der Waals surface area (Å²) in [6.45, 7) is 0. The molecule has 0 saturated heterocycles. The number of ether oxygens (including phenoxy) is 1. The van der Waals surface area contributed by atoms with Crippen LogP contribution in [0.4, 0.5) is 10.5 Å². The van der Waals surface area contributed by atoms with Gasteiger partial charge in [0.1, 0.15) is 11.5 Å². The molecule has 0 aliphatic carbocycles. The third-order valence-electron chi connectivity index (χ3n) is 3.14. The van der Waals surface area contributed by atoms with E-state index in [2.05, 4.69) is 5.32 Å². The summed E-state index contributed by atoms with van der Waals surface area (Å²) in [5.41, 5.74) is 1.64. The number of methoxy groups -OCH3 is 1. The van der Waals surface area contributed by atoms with Crippen molar-refractivity contribution in [1.82, 2.24) is 5.32 Å². The lowest BCUT2D eigenvalue weighted by molar-refractivity contribution is 0.250. The zero-order chi connectivity index (χ0) is 15.9. The van der Waals surface area contributed by atoms with Gasteiger partial charge in [-0.3, -0.25) is 4.90 Å². The van der Waals surface area contributed by atoms with E-state index >= 15 is 0 Å². The molecule has 0 heterocycles. The summed E-state index contributed by atoms with van der Waals surface area (Å²) in [4.78, 5) is 13.5. The second kappa shape index (κ2) is 7.17. The predicted octanol–water partition coefficient (Wildman–Crippen LogP) is 3.22. The number of aromatic hydroxyl groups is 1. The normalized spacial score (nSPS) is 10.5. The van der Waals surface area contributed by atoms with E-state index in [1.54, 1.807) is 38.6 Å². The molecule has 2 rings (SSSR count). The Balaban J connectivity index is 1.93. The maximum atomic E-state index is 12.0. The molecule has 5 nitrogen and oxygen atoms in total. The fourth-order valence-corrected chi connectivity index (χ4v) is 1.81. The minimum absolute atomic E-state index is 0.164. The Morgan fingerprint density at radius 1 is 1.14 bits per heavy atom. The van der Waals surface area contributed by atoms with Crippen LogP contribution in [0.25, 0.3) is 6.08 Å². The average Bonchev–Trinajstić information content (AvgIpc) is 2.55. The van der Waals surface area contributed by atoms with Gasteiger partial charge in [0.25, 0.3) is 0 Å². The van der Waals surface area contributed by atoms with Crippen LogP contribution >= 0.6 is 0 Å². The fraction of sp³-hybridized carbons (Fsp3) is 0.118. The van der Waals surface area contributed by atoms with Crippen molar-refractivity contribution < 1.29 is 14.6 Å². The van der Waals surface area contributed by atoms with Crippen molar-refractivity contribution in [3.63, 3.8) is 0 Å². The van der Waals surface area contributed by atoms with Crippen LogP contribution in [0.5, 0.6) is 11.5 Å². The van der Waals surface area contributed by atoms with E-state index < -0.39 is 0 Å². The lowest BCUT2D eigenvalue weighted by Gasteiger charge is -2.16. The number of rotatable bonds is 4. The molecular formula is C17H18N2O3. The average molecular weight is 298 g/mol. The van der Waals surface area contributed by atoms with Crippen LogP contribution in [0.2, 0.25) is 0 Å². The summed E-state index contributed by atoms with van der Waals surface area (Å²) in [6, 6.07) is 13.6. The first-order valence-corrected chi connectivity index (χ1v) is 6.74. The van der Waals surface area contributed by atoms with Crippen LogP contribution in [-0.2, 0) is 0 Å². The molecular weight excluding hydrogens is 280 g/mol. The summed E-state index contributed by atoms with van der Waals surface area (Å²) in [5, 5.41) is 11.9. The maximum absolute atomic E-state index is 12.0. The zero-order valence-electron chi connectivity index (χ0n) is 12.5. The molecule has 0 saturated carbocycles. The highest BCUT2D eigenvalue weighted by molar-refractivity contribution is 5.92. The monoisotopic (exact) mass is 298 g/mol. The number of amides is 2. The van der Waals surface area contributed by atoms with Crippen molar-refractivity contribution in [2.45, 2.75) is 0 Å². The Labute approximate surface area is 129 Å². The SMILES string of the molecule is COc1ccc(/C=C/NC(=O)N(C)c2ccc(O)cc2)cc1. The van der Waals surface area contributed by atoms with Crippen LogP contribution < -0.4 is 15.0 Å². The molecule has 2 amide bonds. The maximum Gasteiger partial charge on any atom is 0.325 e. The summed E-state index contributed by atoms with van der Waals surface area (Å²) in [6.07, 6.45) is 3.38. The van der Waals surface area contributed by atoms with Crippen molar-refractivity contribution in [2.75, 3.05) is 19.1 Å². The van der Waals surface area contributed by atoms with Gasteiger partial charge in [-0.25, -0.2) is 4.79 Å². The van der Waals surface area contributed by atoms with Gasteiger partial charge in [0.05, 0.1) is 7.11 Å². The minimum atomic E-state index is -0.268. The molecule has 0 unspecified atom stereocenters. The molecule has 22 heavy (non-hydrogen) atoms. The number of urea groups is 1. The highest BCUT2D eigenvalue weighted by Gasteiger charge is 2.08. The number of nitrogens with zero attached hydrogens (tertiary/aromatic N) is 1. The Hall–Kier alpha value is -2.95. The number of phenols is 1. The number of nitrogens with one attached hydrogen (secondary N) is 1. The second-order valence-electron chi connectivity index (χ2n) is 4.63. The van der Waals surface area contributed by atoms with E-state index in [0.29, 0.717) is 5.69 Å². The summed E-state index contributed by atoms with van der Waals surface area (Å²) >= 11 is 0. The lowest BCUT2D eigenvalue weighted by atomic mass is 10.2. The molecule has 0 spiro atoms. The number of carbonyl (C=O) groups is 1. The van der Waals surface area contributed by atoms with Gasteiger partial charge in [-0.1, -0.05) is 12.1 Å². The van der Waals surface area contributed by atoms with E-state index in [1.807, 2.05) is 24.3 Å². The van der Waals surface area contributed by atoms with Gasteiger partial charge in [0, 0.05) is 18.9 Å². The number of hydrogen-bond acceptors (Lipinski definition) is 3. The topological polar surface area (TPSA) is 61.8 Å². The quantitative estimate of drug-likeness (QED) is 0.911. The summed E-state index contributed by atoms with van der Waals surface area (Å²) in [5.74, 6) is 0.949. The van der Waals surface area contributed by atoms with Crippen LogP contribution in [0.3, 0.4) is 0 Å². The minimum Gasteiger partial charge on any atom is -0.508 e. The van der Waals surface area contributed by atoms with Gasteiger partial charge in [-0.05, 0) is 48.0 Å². The first-order valence-electron chi connectivity index (χ1n) is 6.74. The zero-order valence-corrected chi connectivity index (χ0v) is 12.5. The van der Waals surface area contributed by atoms with Gasteiger partial charge in [0.15, 0.2) is 0 Å². The lowest BCUT2D eigenvalue weighted by Crippen LogP contribution is -2.34. The van der Waals surface area contributed by atoms with Gasteiger partial charge in [-0.2, -0.15) is 0 Å². The second-order valence-corrected chi connectivity index (χ2v) is 4.63. The molecule has 0 aliphatic heterocycles. The molecule has 0 fully saturated rings. The molecule has 0 atom stereocenters. The molecule has 114 valence electrons. The number of carbonyl (C=O) groups excluding carboxylic acids is 1. The van der Waals surface area contributed by atoms with Crippen LogP contribution in [0.1, 0.15) is 5.56 Å².